The summed E-state index contributed by atoms with van der Waals surface area (Å²) in [6, 6.07) is 8.63. The summed E-state index contributed by atoms with van der Waals surface area (Å²) in [7, 11) is -2.46. The summed E-state index contributed by atoms with van der Waals surface area (Å²) >= 11 is 3.11. The van der Waals surface area contributed by atoms with Gasteiger partial charge in [0.15, 0.2) is 5.82 Å². The standard InChI is InChI=1S/C19H17BrFN5O4S/c1-30-17-9-13(20)14(21)10-16(17)26-15-6-8-25(11-12(15)4-5-19(26)27)31(28,29)24-18-3-2-7-22-23-18/h2-5,7,9-10H,6,8,11H2,1H3,(H,23,24). The second-order valence-electron chi connectivity index (χ2n) is 6.72. The summed E-state index contributed by atoms with van der Waals surface area (Å²) in [5, 5.41) is 7.39. The Balaban J connectivity index is 1.72. The van der Waals surface area contributed by atoms with Gasteiger partial charge in [-0.15, -0.1) is 5.10 Å². The Morgan fingerprint density at radius 3 is 2.77 bits per heavy atom. The molecule has 4 rings (SSSR count). The monoisotopic (exact) mass is 509 g/mol. The number of anilines is 1. The third kappa shape index (κ3) is 4.18. The van der Waals surface area contributed by atoms with Gasteiger partial charge in [0.2, 0.25) is 0 Å². The fourth-order valence-electron chi connectivity index (χ4n) is 3.41. The number of hydrogen-bond donors (Lipinski definition) is 1. The minimum Gasteiger partial charge on any atom is -0.495 e. The van der Waals surface area contributed by atoms with Gasteiger partial charge in [-0.1, -0.05) is 6.07 Å². The van der Waals surface area contributed by atoms with Gasteiger partial charge in [-0.05, 0) is 39.7 Å². The summed E-state index contributed by atoms with van der Waals surface area (Å²) in [5.74, 6) is -0.134. The fourth-order valence-corrected chi connectivity index (χ4v) is 4.88. The van der Waals surface area contributed by atoms with Crippen LogP contribution in [-0.2, 0) is 23.2 Å². The molecule has 0 bridgehead atoms. The van der Waals surface area contributed by atoms with Crippen molar-refractivity contribution in [1.82, 2.24) is 19.1 Å². The van der Waals surface area contributed by atoms with Gasteiger partial charge in [-0.25, -0.2) is 4.39 Å². The van der Waals surface area contributed by atoms with Gasteiger partial charge in [0.1, 0.15) is 11.6 Å². The molecule has 1 aliphatic rings. The van der Waals surface area contributed by atoms with E-state index in [2.05, 4.69) is 30.8 Å². The van der Waals surface area contributed by atoms with Crippen molar-refractivity contribution in [3.05, 3.63) is 74.5 Å². The highest BCUT2D eigenvalue weighted by Crippen LogP contribution is 2.31. The van der Waals surface area contributed by atoms with E-state index in [1.807, 2.05) is 0 Å². The maximum atomic E-state index is 14.2. The number of hydrogen-bond acceptors (Lipinski definition) is 6. The molecule has 3 aromatic rings. The number of halogens is 2. The Bertz CT molecular complexity index is 1300. The molecule has 0 saturated carbocycles. The first-order chi connectivity index (χ1) is 14.8. The van der Waals surface area contributed by atoms with Crippen LogP contribution in [-0.4, -0.2) is 41.1 Å². The molecule has 9 nitrogen and oxygen atoms in total. The highest BCUT2D eigenvalue weighted by atomic mass is 79.9. The first-order valence-corrected chi connectivity index (χ1v) is 11.4. The van der Waals surface area contributed by atoms with E-state index in [9.17, 15) is 17.6 Å². The van der Waals surface area contributed by atoms with Gasteiger partial charge >= 0.3 is 10.2 Å². The maximum Gasteiger partial charge on any atom is 0.303 e. The smallest absolute Gasteiger partial charge is 0.303 e. The Labute approximate surface area is 185 Å². The first kappa shape index (κ1) is 21.4. The van der Waals surface area contributed by atoms with Gasteiger partial charge in [-0.3, -0.25) is 14.1 Å². The summed E-state index contributed by atoms with van der Waals surface area (Å²) in [4.78, 5) is 12.7. The SMILES string of the molecule is COc1cc(Br)c(F)cc1-n1c2c(ccc1=O)CN(S(=O)(=O)Nc1cccnn1)CC2. The Morgan fingerprint density at radius 1 is 1.26 bits per heavy atom. The van der Waals surface area contributed by atoms with E-state index in [1.165, 1.54) is 46.4 Å². The first-order valence-electron chi connectivity index (χ1n) is 9.13. The molecular formula is C19H17BrFN5O4S. The van der Waals surface area contributed by atoms with Crippen molar-refractivity contribution in [3.8, 4) is 11.4 Å². The van der Waals surface area contributed by atoms with Crippen LogP contribution < -0.4 is 15.0 Å². The second-order valence-corrected chi connectivity index (χ2v) is 9.24. The molecule has 0 saturated heterocycles. The third-order valence-corrected chi connectivity index (χ3v) is 6.91. The topological polar surface area (TPSA) is 106 Å². The fraction of sp³-hybridized carbons (Fsp3) is 0.211. The number of pyridine rings is 1. The molecule has 3 heterocycles. The zero-order chi connectivity index (χ0) is 22.2. The largest absolute Gasteiger partial charge is 0.495 e. The Kier molecular flexibility index (Phi) is 5.77. The van der Waals surface area contributed by atoms with Gasteiger partial charge in [0.05, 0.1) is 17.3 Å². The minimum absolute atomic E-state index is 0.0343. The summed E-state index contributed by atoms with van der Waals surface area (Å²) < 4.78 is 50.3. The molecule has 0 atom stereocenters. The van der Waals surface area contributed by atoms with E-state index < -0.39 is 16.0 Å². The molecule has 0 unspecified atom stereocenters. The molecule has 31 heavy (non-hydrogen) atoms. The van der Waals surface area contributed by atoms with Crippen LogP contribution in [0.3, 0.4) is 0 Å². The van der Waals surface area contributed by atoms with E-state index in [0.29, 0.717) is 17.0 Å². The summed E-state index contributed by atoms with van der Waals surface area (Å²) in [5.41, 5.74) is 1.10. The number of rotatable bonds is 5. The highest BCUT2D eigenvalue weighted by molar-refractivity contribution is 9.10. The minimum atomic E-state index is -3.89. The number of ether oxygens (including phenoxy) is 1. The Hall–Kier alpha value is -2.83. The number of nitrogens with zero attached hydrogens (tertiary/aromatic N) is 4. The van der Waals surface area contributed by atoms with Crippen molar-refractivity contribution < 1.29 is 17.5 Å². The number of methoxy groups -OCH3 is 1. The highest BCUT2D eigenvalue weighted by Gasteiger charge is 2.29. The molecule has 1 aliphatic heterocycles. The van der Waals surface area contributed by atoms with Crippen LogP contribution in [0.4, 0.5) is 10.2 Å². The molecule has 1 aromatic carbocycles. The van der Waals surface area contributed by atoms with Crippen LogP contribution in [0.15, 0.2) is 51.9 Å². The van der Waals surface area contributed by atoms with E-state index in [0.717, 1.165) is 0 Å². The van der Waals surface area contributed by atoms with Crippen LogP contribution in [0, 0.1) is 5.82 Å². The molecule has 12 heteroatoms. The van der Waals surface area contributed by atoms with Crippen LogP contribution in [0.25, 0.3) is 5.69 Å². The molecule has 0 aliphatic carbocycles. The van der Waals surface area contributed by atoms with Crippen LogP contribution in [0.5, 0.6) is 5.75 Å². The van der Waals surface area contributed by atoms with Gasteiger partial charge in [0.25, 0.3) is 5.56 Å². The zero-order valence-corrected chi connectivity index (χ0v) is 18.7. The zero-order valence-electron chi connectivity index (χ0n) is 16.2. The van der Waals surface area contributed by atoms with Crippen molar-refractivity contribution in [2.24, 2.45) is 0 Å². The predicted molar refractivity (Wildman–Crippen MR) is 115 cm³/mol. The summed E-state index contributed by atoms with van der Waals surface area (Å²) in [6.07, 6.45) is 1.68. The lowest BCUT2D eigenvalue weighted by atomic mass is 10.1. The van der Waals surface area contributed by atoms with Crippen molar-refractivity contribution in [2.45, 2.75) is 13.0 Å². The van der Waals surface area contributed by atoms with Crippen molar-refractivity contribution in [2.75, 3.05) is 18.4 Å². The summed E-state index contributed by atoms with van der Waals surface area (Å²) in [6.45, 7) is 0.153. The van der Waals surface area contributed by atoms with Gasteiger partial charge in [-0.2, -0.15) is 17.8 Å². The number of aromatic nitrogens is 3. The normalized spacial score (nSPS) is 14.2. The lowest BCUT2D eigenvalue weighted by molar-refractivity contribution is 0.385. The van der Waals surface area contributed by atoms with Crippen LogP contribution in [0.2, 0.25) is 0 Å². The molecular weight excluding hydrogens is 493 g/mol. The van der Waals surface area contributed by atoms with Crippen LogP contribution >= 0.6 is 15.9 Å². The molecule has 1 N–H and O–H groups in total. The van der Waals surface area contributed by atoms with Gasteiger partial charge in [0, 0.05) is 43.5 Å². The van der Waals surface area contributed by atoms with Crippen molar-refractivity contribution >= 4 is 32.0 Å². The van der Waals surface area contributed by atoms with E-state index in [4.69, 9.17) is 4.74 Å². The lowest BCUT2D eigenvalue weighted by Gasteiger charge is -2.30. The molecule has 0 spiro atoms. The van der Waals surface area contributed by atoms with E-state index in [-0.39, 0.29) is 41.0 Å². The number of fused-ring (bicyclic) bond motifs is 1. The maximum absolute atomic E-state index is 14.2. The Morgan fingerprint density at radius 2 is 2.06 bits per heavy atom. The average Bonchev–Trinajstić information content (AvgIpc) is 2.75. The average molecular weight is 510 g/mol. The van der Waals surface area contributed by atoms with Gasteiger partial charge < -0.3 is 4.74 Å². The molecule has 0 amide bonds. The lowest BCUT2D eigenvalue weighted by Crippen LogP contribution is -2.41. The van der Waals surface area contributed by atoms with Crippen LogP contribution in [0.1, 0.15) is 11.3 Å². The quantitative estimate of drug-likeness (QED) is 0.565. The van der Waals surface area contributed by atoms with Crippen molar-refractivity contribution in [1.29, 1.82) is 0 Å². The molecule has 2 aromatic heterocycles. The molecule has 0 radical (unpaired) electrons. The predicted octanol–water partition coefficient (Wildman–Crippen LogP) is 2.25. The number of nitrogens with one attached hydrogen (secondary N) is 1. The molecule has 0 fully saturated rings. The number of benzene rings is 1. The van der Waals surface area contributed by atoms with E-state index >= 15 is 0 Å². The third-order valence-electron chi connectivity index (χ3n) is 4.84. The second kappa shape index (κ2) is 8.36. The van der Waals surface area contributed by atoms with Crippen molar-refractivity contribution in [3.63, 3.8) is 0 Å². The van der Waals surface area contributed by atoms with E-state index in [1.54, 1.807) is 12.1 Å². The molecule has 162 valence electrons.